The molecule has 1 unspecified atom stereocenters. The summed E-state index contributed by atoms with van der Waals surface area (Å²) in [5.41, 5.74) is 1.55. The summed E-state index contributed by atoms with van der Waals surface area (Å²) < 4.78 is 11.0. The lowest BCUT2D eigenvalue weighted by Crippen LogP contribution is -2.31. The minimum atomic E-state index is -0.330. The quantitative estimate of drug-likeness (QED) is 0.869. The van der Waals surface area contributed by atoms with Crippen molar-refractivity contribution in [1.82, 2.24) is 4.90 Å². The third-order valence-corrected chi connectivity index (χ3v) is 3.57. The summed E-state index contributed by atoms with van der Waals surface area (Å²) >= 11 is 0. The molecule has 0 bridgehead atoms. The van der Waals surface area contributed by atoms with E-state index in [2.05, 4.69) is 0 Å². The molecule has 0 N–H and O–H groups in total. The largest absolute Gasteiger partial charge is 0.496 e. The molecule has 1 amide bonds. The summed E-state index contributed by atoms with van der Waals surface area (Å²) in [5.74, 6) is 0.514. The molecule has 0 aromatic heterocycles. The highest BCUT2D eigenvalue weighted by atomic mass is 16.5. The molecular formula is C17H17NO3. The van der Waals surface area contributed by atoms with Gasteiger partial charge in [-0.25, -0.2) is 0 Å². The number of nitrogens with zero attached hydrogens (tertiary/aromatic N) is 1. The van der Waals surface area contributed by atoms with Gasteiger partial charge in [-0.1, -0.05) is 42.5 Å². The zero-order valence-electron chi connectivity index (χ0n) is 11.9. The Balaban J connectivity index is 1.90. The lowest BCUT2D eigenvalue weighted by Gasteiger charge is -2.24. The van der Waals surface area contributed by atoms with Crippen LogP contribution in [0.2, 0.25) is 0 Å². The molecule has 2 aromatic carbocycles. The van der Waals surface area contributed by atoms with E-state index in [9.17, 15) is 4.79 Å². The Labute approximate surface area is 123 Å². The average Bonchev–Trinajstić information content (AvgIpc) is 3.04. The standard InChI is InChI=1S/C17H17NO3/c1-20-15-10-6-5-9-14(15)16(19)18-11-12-21-17(18)13-7-3-2-4-8-13/h2-10,17H,11-12H2,1H3. The first-order valence-electron chi connectivity index (χ1n) is 6.92. The normalized spacial score (nSPS) is 17.8. The molecule has 4 nitrogen and oxygen atoms in total. The Morgan fingerprint density at radius 2 is 1.86 bits per heavy atom. The molecule has 1 saturated heterocycles. The molecule has 21 heavy (non-hydrogen) atoms. The lowest BCUT2D eigenvalue weighted by atomic mass is 10.1. The average molecular weight is 283 g/mol. The number of carbonyl (C=O) groups excluding carboxylic acids is 1. The first-order valence-corrected chi connectivity index (χ1v) is 6.92. The minimum Gasteiger partial charge on any atom is -0.496 e. The molecule has 1 atom stereocenters. The maximum absolute atomic E-state index is 12.8. The summed E-state index contributed by atoms with van der Waals surface area (Å²) in [7, 11) is 1.57. The Hall–Kier alpha value is -2.33. The van der Waals surface area contributed by atoms with Crippen molar-refractivity contribution in [1.29, 1.82) is 0 Å². The maximum atomic E-state index is 12.8. The van der Waals surface area contributed by atoms with Crippen molar-refractivity contribution >= 4 is 5.91 Å². The first-order chi connectivity index (χ1) is 10.3. The highest BCUT2D eigenvalue weighted by Gasteiger charge is 2.32. The Morgan fingerprint density at radius 3 is 2.62 bits per heavy atom. The van der Waals surface area contributed by atoms with Crippen LogP contribution in [0.25, 0.3) is 0 Å². The highest BCUT2D eigenvalue weighted by Crippen LogP contribution is 2.30. The summed E-state index contributed by atoms with van der Waals surface area (Å²) in [6.07, 6.45) is -0.330. The summed E-state index contributed by atoms with van der Waals surface area (Å²) in [4.78, 5) is 14.5. The van der Waals surface area contributed by atoms with E-state index in [1.54, 1.807) is 24.1 Å². The number of ether oxygens (including phenoxy) is 2. The number of carbonyl (C=O) groups is 1. The number of benzene rings is 2. The zero-order valence-corrected chi connectivity index (χ0v) is 11.9. The predicted molar refractivity (Wildman–Crippen MR) is 79.2 cm³/mol. The van der Waals surface area contributed by atoms with Gasteiger partial charge in [0.05, 0.1) is 19.3 Å². The fraction of sp³-hybridized carbons (Fsp3) is 0.235. The zero-order chi connectivity index (χ0) is 14.7. The van der Waals surface area contributed by atoms with Crippen LogP contribution >= 0.6 is 0 Å². The van der Waals surface area contributed by atoms with Gasteiger partial charge < -0.3 is 14.4 Å². The van der Waals surface area contributed by atoms with Crippen LogP contribution in [-0.4, -0.2) is 31.1 Å². The van der Waals surface area contributed by atoms with E-state index in [1.807, 2.05) is 42.5 Å². The van der Waals surface area contributed by atoms with Crippen LogP contribution in [0.5, 0.6) is 5.75 Å². The van der Waals surface area contributed by atoms with Gasteiger partial charge in [-0.3, -0.25) is 4.79 Å². The van der Waals surface area contributed by atoms with Gasteiger partial charge in [-0.15, -0.1) is 0 Å². The van der Waals surface area contributed by atoms with Crippen LogP contribution in [-0.2, 0) is 4.74 Å². The van der Waals surface area contributed by atoms with E-state index < -0.39 is 0 Å². The van der Waals surface area contributed by atoms with Gasteiger partial charge in [-0.05, 0) is 12.1 Å². The van der Waals surface area contributed by atoms with Gasteiger partial charge in [0.1, 0.15) is 5.75 Å². The molecule has 3 rings (SSSR count). The van der Waals surface area contributed by atoms with Crippen LogP contribution in [0.3, 0.4) is 0 Å². The monoisotopic (exact) mass is 283 g/mol. The van der Waals surface area contributed by atoms with Crippen molar-refractivity contribution in [2.75, 3.05) is 20.3 Å². The summed E-state index contributed by atoms with van der Waals surface area (Å²) in [6, 6.07) is 17.0. The molecular weight excluding hydrogens is 266 g/mol. The number of rotatable bonds is 3. The van der Waals surface area contributed by atoms with Gasteiger partial charge in [0.15, 0.2) is 6.23 Å². The van der Waals surface area contributed by atoms with Gasteiger partial charge in [-0.2, -0.15) is 0 Å². The number of hydrogen-bond donors (Lipinski definition) is 0. The van der Waals surface area contributed by atoms with Gasteiger partial charge in [0, 0.05) is 12.1 Å². The molecule has 1 fully saturated rings. The summed E-state index contributed by atoms with van der Waals surface area (Å²) in [6.45, 7) is 1.12. The molecule has 0 radical (unpaired) electrons. The Bertz CT molecular complexity index is 627. The lowest BCUT2D eigenvalue weighted by molar-refractivity contribution is 0.0270. The van der Waals surface area contributed by atoms with Crippen molar-refractivity contribution in [2.24, 2.45) is 0 Å². The van der Waals surface area contributed by atoms with E-state index in [1.165, 1.54) is 0 Å². The van der Waals surface area contributed by atoms with Gasteiger partial charge in [0.25, 0.3) is 5.91 Å². The first kappa shape index (κ1) is 13.6. The second-order valence-corrected chi connectivity index (χ2v) is 4.83. The van der Waals surface area contributed by atoms with Crippen molar-refractivity contribution in [3.8, 4) is 5.75 Å². The smallest absolute Gasteiger partial charge is 0.259 e. The molecule has 108 valence electrons. The number of para-hydroxylation sites is 1. The van der Waals surface area contributed by atoms with E-state index in [4.69, 9.17) is 9.47 Å². The third-order valence-electron chi connectivity index (χ3n) is 3.57. The van der Waals surface area contributed by atoms with E-state index in [-0.39, 0.29) is 12.1 Å². The maximum Gasteiger partial charge on any atom is 0.259 e. The van der Waals surface area contributed by atoms with E-state index in [0.29, 0.717) is 24.5 Å². The van der Waals surface area contributed by atoms with E-state index >= 15 is 0 Å². The predicted octanol–water partition coefficient (Wildman–Crippen LogP) is 2.87. The summed E-state index contributed by atoms with van der Waals surface area (Å²) in [5, 5.41) is 0. The van der Waals surface area contributed by atoms with Crippen LogP contribution in [0.4, 0.5) is 0 Å². The molecule has 0 saturated carbocycles. The molecule has 1 aliphatic rings. The van der Waals surface area contributed by atoms with Crippen molar-refractivity contribution in [3.63, 3.8) is 0 Å². The molecule has 0 spiro atoms. The second kappa shape index (κ2) is 5.97. The fourth-order valence-corrected chi connectivity index (χ4v) is 2.55. The highest BCUT2D eigenvalue weighted by molar-refractivity contribution is 5.97. The van der Waals surface area contributed by atoms with Crippen molar-refractivity contribution in [2.45, 2.75) is 6.23 Å². The molecule has 1 aliphatic heterocycles. The SMILES string of the molecule is COc1ccccc1C(=O)N1CCOC1c1ccccc1. The number of methoxy groups -OCH3 is 1. The third kappa shape index (κ3) is 2.62. The van der Waals surface area contributed by atoms with Crippen LogP contribution < -0.4 is 4.74 Å². The Kier molecular flexibility index (Phi) is 3.88. The van der Waals surface area contributed by atoms with Crippen molar-refractivity contribution < 1.29 is 14.3 Å². The minimum absolute atomic E-state index is 0.0706. The van der Waals surface area contributed by atoms with Crippen LogP contribution in [0.1, 0.15) is 22.1 Å². The van der Waals surface area contributed by atoms with Gasteiger partial charge in [0.2, 0.25) is 0 Å². The molecule has 4 heteroatoms. The second-order valence-electron chi connectivity index (χ2n) is 4.83. The molecule has 2 aromatic rings. The number of hydrogen-bond acceptors (Lipinski definition) is 3. The van der Waals surface area contributed by atoms with E-state index in [0.717, 1.165) is 5.56 Å². The van der Waals surface area contributed by atoms with Crippen LogP contribution in [0.15, 0.2) is 54.6 Å². The van der Waals surface area contributed by atoms with Gasteiger partial charge >= 0.3 is 0 Å². The van der Waals surface area contributed by atoms with Crippen molar-refractivity contribution in [3.05, 3.63) is 65.7 Å². The molecule has 0 aliphatic carbocycles. The van der Waals surface area contributed by atoms with Crippen LogP contribution in [0, 0.1) is 0 Å². The fourth-order valence-electron chi connectivity index (χ4n) is 2.55. The molecule has 1 heterocycles. The Morgan fingerprint density at radius 1 is 1.14 bits per heavy atom. The number of amides is 1. The topological polar surface area (TPSA) is 38.8 Å².